The van der Waals surface area contributed by atoms with Gasteiger partial charge in [0.1, 0.15) is 0 Å². The van der Waals surface area contributed by atoms with E-state index in [1.165, 1.54) is 17.1 Å². The smallest absolute Gasteiger partial charge is 0.253 e. The molecule has 0 aliphatic carbocycles. The number of imide groups is 1. The van der Waals surface area contributed by atoms with Crippen LogP contribution >= 0.6 is 0 Å². The molecule has 0 atom stereocenters. The number of piperidine rings is 1. The molecule has 2 aliphatic heterocycles. The fraction of sp³-hybridized carbons (Fsp3) is 0.692. The van der Waals surface area contributed by atoms with Gasteiger partial charge in [0.05, 0.1) is 0 Å². The zero-order chi connectivity index (χ0) is 13.7. The Morgan fingerprint density at radius 3 is 1.83 bits per heavy atom. The minimum atomic E-state index is -0.574. The number of carbonyl (C=O) groups is 2. The molecule has 2 heterocycles. The van der Waals surface area contributed by atoms with Gasteiger partial charge >= 0.3 is 0 Å². The summed E-state index contributed by atoms with van der Waals surface area (Å²) in [5, 5.41) is 13.3. The minimum Gasteiger partial charge on any atom is -0.784 e. The van der Waals surface area contributed by atoms with Crippen molar-refractivity contribution in [3.63, 3.8) is 0 Å². The second-order valence-corrected chi connectivity index (χ2v) is 6.36. The number of hydrogen-bond donors (Lipinski definition) is 0. The monoisotopic (exact) mass is 251 g/mol. The Morgan fingerprint density at radius 1 is 1.06 bits per heavy atom. The fourth-order valence-corrected chi connectivity index (χ4v) is 3.16. The third kappa shape index (κ3) is 1.97. The molecule has 1 saturated heterocycles. The van der Waals surface area contributed by atoms with E-state index >= 15 is 0 Å². The summed E-state index contributed by atoms with van der Waals surface area (Å²) < 4.78 is 0. The van der Waals surface area contributed by atoms with Gasteiger partial charge in [-0.05, 0) is 40.5 Å². The van der Waals surface area contributed by atoms with Gasteiger partial charge < -0.3 is 10.3 Å². The molecule has 0 saturated carbocycles. The molecule has 0 aromatic heterocycles. The molecule has 0 unspecified atom stereocenters. The molecule has 0 N–H and O–H groups in total. The van der Waals surface area contributed by atoms with Gasteiger partial charge in [-0.1, -0.05) is 0 Å². The van der Waals surface area contributed by atoms with E-state index in [1.807, 2.05) is 27.7 Å². The first-order chi connectivity index (χ1) is 8.15. The molecule has 2 aliphatic rings. The van der Waals surface area contributed by atoms with Crippen LogP contribution < -0.4 is 0 Å². The van der Waals surface area contributed by atoms with Gasteiger partial charge in [-0.2, -0.15) is 0 Å². The summed E-state index contributed by atoms with van der Waals surface area (Å²) in [6.07, 6.45) is 3.62. The van der Waals surface area contributed by atoms with Crippen LogP contribution in [-0.4, -0.2) is 38.9 Å². The fourth-order valence-electron chi connectivity index (χ4n) is 3.16. The van der Waals surface area contributed by atoms with Crippen molar-refractivity contribution in [2.45, 2.75) is 57.7 Å². The first-order valence-electron chi connectivity index (χ1n) is 6.18. The third-order valence-corrected chi connectivity index (χ3v) is 3.78. The van der Waals surface area contributed by atoms with Gasteiger partial charge in [0.25, 0.3) is 11.8 Å². The average molecular weight is 251 g/mol. The lowest BCUT2D eigenvalue weighted by atomic mass is 9.78. The van der Waals surface area contributed by atoms with Crippen molar-refractivity contribution in [1.29, 1.82) is 0 Å². The highest BCUT2D eigenvalue weighted by Gasteiger charge is 2.45. The highest BCUT2D eigenvalue weighted by atomic mass is 16.5. The summed E-state index contributed by atoms with van der Waals surface area (Å²) in [6, 6.07) is -0.199. The van der Waals surface area contributed by atoms with Crippen molar-refractivity contribution in [3.05, 3.63) is 17.4 Å². The van der Waals surface area contributed by atoms with Gasteiger partial charge in [0, 0.05) is 29.3 Å². The molecule has 100 valence electrons. The van der Waals surface area contributed by atoms with Gasteiger partial charge in [-0.15, -0.1) is 0 Å². The standard InChI is InChI=1S/C13H19N2O3/c1-12(2)7-9(8-13(3,4)15(12)18)14-10(16)5-6-11(14)17/h5-6,9H,7-8H2,1-4H3/q-1. The zero-order valence-corrected chi connectivity index (χ0v) is 11.3. The quantitative estimate of drug-likeness (QED) is 0.661. The van der Waals surface area contributed by atoms with Crippen molar-refractivity contribution in [2.24, 2.45) is 0 Å². The van der Waals surface area contributed by atoms with Crippen molar-refractivity contribution >= 4 is 11.8 Å². The van der Waals surface area contributed by atoms with Gasteiger partial charge in [0.2, 0.25) is 0 Å². The molecule has 2 amide bonds. The van der Waals surface area contributed by atoms with E-state index in [9.17, 15) is 14.8 Å². The lowest BCUT2D eigenvalue weighted by Gasteiger charge is -2.60. The molecule has 0 aromatic carbocycles. The SMILES string of the molecule is CC1(C)CC(N2C(=O)C=CC2=O)CC(C)(C)N1[O-]. The van der Waals surface area contributed by atoms with E-state index in [0.29, 0.717) is 12.8 Å². The Morgan fingerprint density at radius 2 is 1.44 bits per heavy atom. The topological polar surface area (TPSA) is 63.7 Å². The number of carbonyl (C=O) groups excluding carboxylic acids is 2. The largest absolute Gasteiger partial charge is 0.784 e. The Kier molecular flexibility index (Phi) is 2.87. The molecule has 18 heavy (non-hydrogen) atoms. The maximum atomic E-state index is 12.2. The second-order valence-electron chi connectivity index (χ2n) is 6.36. The van der Waals surface area contributed by atoms with Gasteiger partial charge in [-0.25, -0.2) is 0 Å². The summed E-state index contributed by atoms with van der Waals surface area (Å²) in [7, 11) is 0. The van der Waals surface area contributed by atoms with Crippen molar-refractivity contribution in [3.8, 4) is 0 Å². The van der Waals surface area contributed by atoms with Crippen LogP contribution in [0.15, 0.2) is 12.2 Å². The van der Waals surface area contributed by atoms with Gasteiger partial charge in [-0.3, -0.25) is 14.5 Å². The number of rotatable bonds is 1. The van der Waals surface area contributed by atoms with Crippen LogP contribution in [0.4, 0.5) is 0 Å². The van der Waals surface area contributed by atoms with E-state index in [4.69, 9.17) is 0 Å². The van der Waals surface area contributed by atoms with E-state index in [0.717, 1.165) is 5.06 Å². The number of hydroxylamine groups is 2. The molecule has 0 aromatic rings. The van der Waals surface area contributed by atoms with Crippen molar-refractivity contribution in [1.82, 2.24) is 9.96 Å². The highest BCUT2D eigenvalue weighted by Crippen LogP contribution is 2.39. The minimum absolute atomic E-state index is 0.199. The summed E-state index contributed by atoms with van der Waals surface area (Å²) in [5.41, 5.74) is -1.15. The molecule has 5 nitrogen and oxygen atoms in total. The number of nitrogens with zero attached hydrogens (tertiary/aromatic N) is 2. The third-order valence-electron chi connectivity index (χ3n) is 3.78. The predicted octanol–water partition coefficient (Wildman–Crippen LogP) is 1.43. The van der Waals surface area contributed by atoms with Crippen LogP contribution in [-0.2, 0) is 9.59 Å². The Hall–Kier alpha value is -1.20. The molecule has 0 bridgehead atoms. The molecule has 1 fully saturated rings. The second kappa shape index (κ2) is 3.90. The molecular formula is C13H19N2O3-. The Labute approximate surface area is 107 Å². The van der Waals surface area contributed by atoms with Crippen molar-refractivity contribution < 1.29 is 9.59 Å². The van der Waals surface area contributed by atoms with Crippen molar-refractivity contribution in [2.75, 3.05) is 0 Å². The van der Waals surface area contributed by atoms with Gasteiger partial charge in [0.15, 0.2) is 0 Å². The van der Waals surface area contributed by atoms with Crippen LogP contribution in [0.1, 0.15) is 40.5 Å². The summed E-state index contributed by atoms with van der Waals surface area (Å²) in [6.45, 7) is 7.41. The summed E-state index contributed by atoms with van der Waals surface area (Å²) >= 11 is 0. The van der Waals surface area contributed by atoms with Crippen LogP contribution in [0.2, 0.25) is 0 Å². The van der Waals surface area contributed by atoms with Crippen LogP contribution in [0.3, 0.4) is 0 Å². The first-order valence-corrected chi connectivity index (χ1v) is 6.18. The highest BCUT2D eigenvalue weighted by molar-refractivity contribution is 6.13. The zero-order valence-electron chi connectivity index (χ0n) is 11.3. The van der Waals surface area contributed by atoms with Crippen LogP contribution in [0, 0.1) is 5.21 Å². The maximum Gasteiger partial charge on any atom is 0.253 e. The van der Waals surface area contributed by atoms with Crippen LogP contribution in [0.5, 0.6) is 0 Å². The van der Waals surface area contributed by atoms with Crippen LogP contribution in [0.25, 0.3) is 0 Å². The lowest BCUT2D eigenvalue weighted by Crippen LogP contribution is -2.62. The maximum absolute atomic E-state index is 12.2. The average Bonchev–Trinajstić information content (AvgIpc) is 2.54. The van der Waals surface area contributed by atoms with E-state index in [2.05, 4.69) is 0 Å². The molecular weight excluding hydrogens is 232 g/mol. The number of hydrogen-bond acceptors (Lipinski definition) is 4. The van der Waals surface area contributed by atoms with E-state index in [-0.39, 0.29) is 17.9 Å². The summed E-state index contributed by atoms with van der Waals surface area (Å²) in [4.78, 5) is 24.7. The lowest BCUT2D eigenvalue weighted by molar-refractivity contribution is -0.143. The Balaban J connectivity index is 2.26. The molecule has 2 rings (SSSR count). The first kappa shape index (κ1) is 13.2. The number of amides is 2. The molecule has 0 spiro atoms. The normalized spacial score (nSPS) is 28.2. The molecule has 0 radical (unpaired) electrons. The molecule has 5 heteroatoms. The van der Waals surface area contributed by atoms with E-state index in [1.54, 1.807) is 0 Å². The summed E-state index contributed by atoms with van der Waals surface area (Å²) in [5.74, 6) is -0.535. The Bertz CT molecular complexity index is 390. The predicted molar refractivity (Wildman–Crippen MR) is 67.4 cm³/mol. The van der Waals surface area contributed by atoms with E-state index < -0.39 is 11.1 Å².